The van der Waals surface area contributed by atoms with Crippen LogP contribution in [0.15, 0.2) is 30.5 Å². The summed E-state index contributed by atoms with van der Waals surface area (Å²) in [4.78, 5) is 14.9. The molecule has 1 heterocycles. The van der Waals surface area contributed by atoms with Crippen molar-refractivity contribution in [2.75, 3.05) is 11.9 Å². The van der Waals surface area contributed by atoms with Gasteiger partial charge in [-0.05, 0) is 12.5 Å². The molecular weight excluding hydrogens is 254 g/mol. The van der Waals surface area contributed by atoms with Crippen LogP contribution in [0.25, 0.3) is 10.9 Å². The van der Waals surface area contributed by atoms with Gasteiger partial charge in [-0.2, -0.15) is 0 Å². The molecule has 0 atom stereocenters. The molecule has 2 rings (SSSR count). The lowest BCUT2D eigenvalue weighted by Gasteiger charge is -2.09. The molecule has 20 heavy (non-hydrogen) atoms. The summed E-state index contributed by atoms with van der Waals surface area (Å²) in [5.74, 6) is 0. The monoisotopic (exact) mass is 273 g/mol. The molecule has 5 heteroatoms. The van der Waals surface area contributed by atoms with Gasteiger partial charge in [0, 0.05) is 11.9 Å². The summed E-state index contributed by atoms with van der Waals surface area (Å²) in [6, 6.07) is 7.48. The van der Waals surface area contributed by atoms with E-state index in [1.165, 1.54) is 19.0 Å². The van der Waals surface area contributed by atoms with Crippen molar-refractivity contribution in [3.63, 3.8) is 0 Å². The largest absolute Gasteiger partial charge is 0.379 e. The van der Waals surface area contributed by atoms with Gasteiger partial charge in [0.05, 0.1) is 10.4 Å². The minimum Gasteiger partial charge on any atom is -0.379 e. The Labute approximate surface area is 118 Å². The molecule has 1 N–H and O–H groups in total. The highest BCUT2D eigenvalue weighted by atomic mass is 16.6. The first kappa shape index (κ1) is 14.2. The fraction of sp³-hybridized carbons (Fsp3) is 0.400. The molecule has 0 amide bonds. The molecule has 0 bridgehead atoms. The van der Waals surface area contributed by atoms with Crippen LogP contribution in [0.1, 0.15) is 32.6 Å². The van der Waals surface area contributed by atoms with Crippen molar-refractivity contribution in [2.45, 2.75) is 32.6 Å². The molecule has 0 spiro atoms. The number of rotatable bonds is 7. The Balaban J connectivity index is 2.23. The van der Waals surface area contributed by atoms with E-state index in [0.717, 1.165) is 30.3 Å². The van der Waals surface area contributed by atoms with Crippen LogP contribution in [0.4, 0.5) is 11.4 Å². The van der Waals surface area contributed by atoms with E-state index in [9.17, 15) is 10.1 Å². The zero-order valence-electron chi connectivity index (χ0n) is 11.6. The SMILES string of the molecule is CCCCCCNc1c([N+](=O)[O-])cnc2ccccc12. The van der Waals surface area contributed by atoms with E-state index >= 15 is 0 Å². The van der Waals surface area contributed by atoms with E-state index in [0.29, 0.717) is 5.69 Å². The van der Waals surface area contributed by atoms with Crippen molar-refractivity contribution < 1.29 is 4.92 Å². The number of aromatic nitrogens is 1. The second-order valence-corrected chi connectivity index (χ2v) is 4.78. The minimum atomic E-state index is -0.381. The van der Waals surface area contributed by atoms with Crippen molar-refractivity contribution >= 4 is 22.3 Å². The lowest BCUT2D eigenvalue weighted by molar-refractivity contribution is -0.384. The second kappa shape index (κ2) is 6.84. The van der Waals surface area contributed by atoms with Crippen LogP contribution in [0, 0.1) is 10.1 Å². The Kier molecular flexibility index (Phi) is 4.87. The smallest absolute Gasteiger partial charge is 0.311 e. The van der Waals surface area contributed by atoms with E-state index in [1.54, 1.807) is 0 Å². The van der Waals surface area contributed by atoms with Crippen LogP contribution < -0.4 is 5.32 Å². The summed E-state index contributed by atoms with van der Waals surface area (Å²) in [6.07, 6.45) is 5.86. The Bertz CT molecular complexity index is 599. The van der Waals surface area contributed by atoms with Crippen LogP contribution in [0.5, 0.6) is 0 Å². The third-order valence-corrected chi connectivity index (χ3v) is 3.28. The number of nitrogens with zero attached hydrogens (tertiary/aromatic N) is 2. The van der Waals surface area contributed by atoms with Gasteiger partial charge < -0.3 is 5.32 Å². The maximum Gasteiger partial charge on any atom is 0.311 e. The number of para-hydroxylation sites is 1. The number of fused-ring (bicyclic) bond motifs is 1. The van der Waals surface area contributed by atoms with Gasteiger partial charge in [-0.25, -0.2) is 4.98 Å². The number of nitro groups is 1. The van der Waals surface area contributed by atoms with Crippen LogP contribution in [0.3, 0.4) is 0 Å². The first-order valence-electron chi connectivity index (χ1n) is 7.00. The van der Waals surface area contributed by atoms with Gasteiger partial charge in [0.2, 0.25) is 0 Å². The fourth-order valence-corrected chi connectivity index (χ4v) is 2.22. The first-order chi connectivity index (χ1) is 9.74. The van der Waals surface area contributed by atoms with Gasteiger partial charge in [0.1, 0.15) is 11.9 Å². The molecule has 1 aromatic carbocycles. The van der Waals surface area contributed by atoms with Crippen LogP contribution >= 0.6 is 0 Å². The van der Waals surface area contributed by atoms with Gasteiger partial charge in [0.25, 0.3) is 0 Å². The molecule has 0 aliphatic rings. The van der Waals surface area contributed by atoms with Crippen LogP contribution in [0.2, 0.25) is 0 Å². The third-order valence-electron chi connectivity index (χ3n) is 3.28. The van der Waals surface area contributed by atoms with Gasteiger partial charge in [-0.3, -0.25) is 10.1 Å². The zero-order valence-corrected chi connectivity index (χ0v) is 11.6. The molecule has 1 aromatic heterocycles. The first-order valence-corrected chi connectivity index (χ1v) is 7.00. The number of anilines is 1. The number of pyridine rings is 1. The van der Waals surface area contributed by atoms with Crippen LogP contribution in [-0.4, -0.2) is 16.5 Å². The fourth-order valence-electron chi connectivity index (χ4n) is 2.22. The summed E-state index contributed by atoms with van der Waals surface area (Å²) >= 11 is 0. The number of unbranched alkanes of at least 4 members (excludes halogenated alkanes) is 3. The molecule has 0 radical (unpaired) electrons. The Hall–Kier alpha value is -2.17. The third kappa shape index (κ3) is 3.23. The van der Waals surface area contributed by atoms with Crippen molar-refractivity contribution in [3.05, 3.63) is 40.6 Å². The lowest BCUT2D eigenvalue weighted by atomic mass is 10.1. The van der Waals surface area contributed by atoms with E-state index in [-0.39, 0.29) is 10.6 Å². The van der Waals surface area contributed by atoms with E-state index < -0.39 is 0 Å². The molecule has 0 aliphatic heterocycles. The Morgan fingerprint density at radius 3 is 2.80 bits per heavy atom. The summed E-state index contributed by atoms with van der Waals surface area (Å²) in [5.41, 5.74) is 1.39. The van der Waals surface area contributed by atoms with E-state index in [1.807, 2.05) is 24.3 Å². The molecule has 2 aromatic rings. The maximum atomic E-state index is 11.1. The molecule has 0 aliphatic carbocycles. The van der Waals surface area contributed by atoms with E-state index in [4.69, 9.17) is 0 Å². The summed E-state index contributed by atoms with van der Waals surface area (Å²) in [5, 5.41) is 15.1. The van der Waals surface area contributed by atoms with Gasteiger partial charge in [-0.1, -0.05) is 44.4 Å². The van der Waals surface area contributed by atoms with Crippen molar-refractivity contribution in [3.8, 4) is 0 Å². The molecule has 0 saturated carbocycles. The van der Waals surface area contributed by atoms with Gasteiger partial charge in [-0.15, -0.1) is 0 Å². The molecule has 0 fully saturated rings. The van der Waals surface area contributed by atoms with Crippen molar-refractivity contribution in [2.24, 2.45) is 0 Å². The van der Waals surface area contributed by atoms with Gasteiger partial charge in [0.15, 0.2) is 0 Å². The Morgan fingerprint density at radius 2 is 2.05 bits per heavy atom. The highest BCUT2D eigenvalue weighted by molar-refractivity contribution is 5.95. The van der Waals surface area contributed by atoms with E-state index in [2.05, 4.69) is 17.2 Å². The normalized spacial score (nSPS) is 10.7. The highest BCUT2D eigenvalue weighted by Gasteiger charge is 2.17. The number of hydrogen-bond acceptors (Lipinski definition) is 4. The average molecular weight is 273 g/mol. The Morgan fingerprint density at radius 1 is 1.25 bits per heavy atom. The highest BCUT2D eigenvalue weighted by Crippen LogP contribution is 2.31. The number of hydrogen-bond donors (Lipinski definition) is 1. The van der Waals surface area contributed by atoms with Crippen molar-refractivity contribution in [1.29, 1.82) is 0 Å². The predicted octanol–water partition coefficient (Wildman–Crippen LogP) is 4.14. The lowest BCUT2D eigenvalue weighted by Crippen LogP contribution is -2.05. The summed E-state index contributed by atoms with van der Waals surface area (Å²) < 4.78 is 0. The predicted molar refractivity (Wildman–Crippen MR) is 81.0 cm³/mol. The average Bonchev–Trinajstić information content (AvgIpc) is 2.46. The topological polar surface area (TPSA) is 68.1 Å². The maximum absolute atomic E-state index is 11.1. The quantitative estimate of drug-likeness (QED) is 0.468. The molecule has 0 saturated heterocycles. The molecular formula is C15H19N3O2. The molecule has 5 nitrogen and oxygen atoms in total. The summed E-state index contributed by atoms with van der Waals surface area (Å²) in [7, 11) is 0. The second-order valence-electron chi connectivity index (χ2n) is 4.78. The molecule has 0 unspecified atom stereocenters. The number of nitrogens with one attached hydrogen (secondary N) is 1. The molecule has 106 valence electrons. The number of benzene rings is 1. The minimum absolute atomic E-state index is 0.0409. The van der Waals surface area contributed by atoms with Gasteiger partial charge >= 0.3 is 5.69 Å². The standard InChI is InChI=1S/C15H19N3O2/c1-2-3-4-7-10-16-15-12-8-5-6-9-13(12)17-11-14(15)18(19)20/h5-6,8-9,11H,2-4,7,10H2,1H3,(H,16,17). The van der Waals surface area contributed by atoms with Crippen LogP contribution in [-0.2, 0) is 0 Å². The van der Waals surface area contributed by atoms with Crippen molar-refractivity contribution in [1.82, 2.24) is 4.98 Å². The summed E-state index contributed by atoms with van der Waals surface area (Å²) in [6.45, 7) is 2.91. The zero-order chi connectivity index (χ0) is 14.4.